The van der Waals surface area contributed by atoms with Crippen LogP contribution in [-0.2, 0) is 14.8 Å². The number of nitrogens with one attached hydrogen (secondary N) is 1. The molecule has 12 heteroatoms. The molecule has 3 rings (SSSR count). The number of anilines is 1. The van der Waals surface area contributed by atoms with Crippen LogP contribution in [0.4, 0.5) is 5.69 Å². The molecular weight excluding hydrogens is 479 g/mol. The molecule has 0 fully saturated rings. The molecule has 0 saturated heterocycles. The smallest absolute Gasteiger partial charge is 0.336 e. The Bertz CT molecular complexity index is 1310. The Morgan fingerprint density at radius 1 is 1.10 bits per heavy atom. The zero-order valence-electron chi connectivity index (χ0n) is 15.2. The molecule has 1 aromatic heterocycles. The van der Waals surface area contributed by atoms with Crippen molar-refractivity contribution in [2.75, 3.05) is 11.9 Å². The summed E-state index contributed by atoms with van der Waals surface area (Å²) in [5.41, 5.74) is 0.396. The van der Waals surface area contributed by atoms with Crippen LogP contribution in [0.3, 0.4) is 0 Å². The number of carbonyl (C=O) groups excluding carboxylic acids is 1. The van der Waals surface area contributed by atoms with Gasteiger partial charge in [-0.1, -0.05) is 34.8 Å². The van der Waals surface area contributed by atoms with Crippen LogP contribution < -0.4 is 20.8 Å². The zero-order chi connectivity index (χ0) is 22.2. The fraction of sp³-hybridized carbons (Fsp3) is 0.111. The lowest BCUT2D eigenvalue weighted by Crippen LogP contribution is -2.21. The highest BCUT2D eigenvalue weighted by atomic mass is 35.5. The van der Waals surface area contributed by atoms with Crippen molar-refractivity contribution >= 4 is 67.4 Å². The summed E-state index contributed by atoms with van der Waals surface area (Å²) in [7, 11) is -4.02. The number of sulfonamides is 1. The summed E-state index contributed by atoms with van der Waals surface area (Å²) in [5.74, 6) is -0.529. The maximum absolute atomic E-state index is 12.2. The van der Waals surface area contributed by atoms with Crippen LogP contribution in [0.5, 0.6) is 5.75 Å². The first-order valence-corrected chi connectivity index (χ1v) is 10.8. The molecule has 30 heavy (non-hydrogen) atoms. The van der Waals surface area contributed by atoms with Gasteiger partial charge >= 0.3 is 5.63 Å². The Morgan fingerprint density at radius 3 is 2.33 bits per heavy atom. The molecule has 0 aliphatic heterocycles. The van der Waals surface area contributed by atoms with Gasteiger partial charge in [0.1, 0.15) is 11.3 Å². The summed E-state index contributed by atoms with van der Waals surface area (Å²) >= 11 is 18.2. The van der Waals surface area contributed by atoms with E-state index in [1.165, 1.54) is 12.1 Å². The van der Waals surface area contributed by atoms with Crippen molar-refractivity contribution in [2.45, 2.75) is 11.8 Å². The van der Waals surface area contributed by atoms with E-state index in [0.29, 0.717) is 10.9 Å². The second kappa shape index (κ2) is 8.44. The molecule has 0 radical (unpaired) electrons. The Kier molecular flexibility index (Phi) is 6.30. The minimum Gasteiger partial charge on any atom is -0.482 e. The number of carbonyl (C=O) groups is 1. The maximum atomic E-state index is 12.2. The topological polar surface area (TPSA) is 129 Å². The number of amides is 1. The predicted molar refractivity (Wildman–Crippen MR) is 114 cm³/mol. The molecule has 158 valence electrons. The van der Waals surface area contributed by atoms with Crippen molar-refractivity contribution in [1.29, 1.82) is 0 Å². The van der Waals surface area contributed by atoms with Gasteiger partial charge in [0.15, 0.2) is 6.61 Å². The van der Waals surface area contributed by atoms with Crippen molar-refractivity contribution in [2.24, 2.45) is 5.14 Å². The van der Waals surface area contributed by atoms with E-state index in [9.17, 15) is 18.0 Å². The number of nitrogens with two attached hydrogens (primary N) is 1. The van der Waals surface area contributed by atoms with Crippen molar-refractivity contribution < 1.29 is 22.4 Å². The fourth-order valence-electron chi connectivity index (χ4n) is 2.58. The Balaban J connectivity index is 1.78. The van der Waals surface area contributed by atoms with E-state index < -0.39 is 28.2 Å². The van der Waals surface area contributed by atoms with Crippen LogP contribution in [0.1, 0.15) is 5.56 Å². The normalized spacial score (nSPS) is 11.5. The van der Waals surface area contributed by atoms with Crippen LogP contribution >= 0.6 is 34.8 Å². The van der Waals surface area contributed by atoms with E-state index in [-0.39, 0.29) is 37.0 Å². The van der Waals surface area contributed by atoms with Gasteiger partial charge in [0.2, 0.25) is 10.0 Å². The first kappa shape index (κ1) is 22.4. The number of hydrogen-bond donors (Lipinski definition) is 2. The number of primary sulfonamides is 1. The largest absolute Gasteiger partial charge is 0.482 e. The third kappa shape index (κ3) is 4.88. The van der Waals surface area contributed by atoms with E-state index in [1.54, 1.807) is 13.0 Å². The van der Waals surface area contributed by atoms with Gasteiger partial charge < -0.3 is 14.5 Å². The van der Waals surface area contributed by atoms with Crippen molar-refractivity contribution in [3.05, 3.63) is 61.4 Å². The minimum atomic E-state index is -4.02. The third-order valence-electron chi connectivity index (χ3n) is 3.97. The summed E-state index contributed by atoms with van der Waals surface area (Å²) in [6, 6.07) is 6.41. The van der Waals surface area contributed by atoms with Crippen molar-refractivity contribution in [3.8, 4) is 5.75 Å². The first-order valence-electron chi connectivity index (χ1n) is 8.14. The second-order valence-corrected chi connectivity index (χ2v) is 8.95. The van der Waals surface area contributed by atoms with Crippen LogP contribution in [0, 0.1) is 6.92 Å². The quantitative estimate of drug-likeness (QED) is 0.523. The second-order valence-electron chi connectivity index (χ2n) is 6.17. The molecule has 3 N–H and O–H groups in total. The lowest BCUT2D eigenvalue weighted by atomic mass is 10.1. The molecule has 2 aromatic carbocycles. The zero-order valence-corrected chi connectivity index (χ0v) is 18.2. The highest BCUT2D eigenvalue weighted by Crippen LogP contribution is 2.34. The van der Waals surface area contributed by atoms with Gasteiger partial charge in [-0.05, 0) is 30.7 Å². The Hall–Kier alpha value is -2.30. The van der Waals surface area contributed by atoms with E-state index >= 15 is 0 Å². The van der Waals surface area contributed by atoms with Crippen LogP contribution in [0.15, 0.2) is 44.4 Å². The molecule has 0 spiro atoms. The fourth-order valence-corrected chi connectivity index (χ4v) is 4.08. The van der Waals surface area contributed by atoms with Gasteiger partial charge in [-0.2, -0.15) is 0 Å². The molecule has 0 unspecified atom stereocenters. The number of rotatable bonds is 5. The SMILES string of the molecule is Cc1cc(=O)oc2cc(OCC(=O)Nc3c(Cl)cc(S(N)(=O)=O)cc3Cl)c(Cl)cc12. The van der Waals surface area contributed by atoms with E-state index in [0.717, 1.165) is 12.1 Å². The van der Waals surface area contributed by atoms with Crippen LogP contribution in [0.25, 0.3) is 11.0 Å². The Labute approximate surface area is 185 Å². The Morgan fingerprint density at radius 2 is 1.73 bits per heavy atom. The number of halogens is 3. The summed E-state index contributed by atoms with van der Waals surface area (Å²) < 4.78 is 33.4. The highest BCUT2D eigenvalue weighted by molar-refractivity contribution is 7.89. The highest BCUT2D eigenvalue weighted by Gasteiger charge is 2.17. The molecule has 0 saturated carbocycles. The van der Waals surface area contributed by atoms with Crippen LogP contribution in [0.2, 0.25) is 15.1 Å². The van der Waals surface area contributed by atoms with Gasteiger partial charge in [-0.25, -0.2) is 18.4 Å². The van der Waals surface area contributed by atoms with E-state index in [1.807, 2.05) is 0 Å². The van der Waals surface area contributed by atoms with Gasteiger partial charge in [0, 0.05) is 17.5 Å². The number of ether oxygens (including phenoxy) is 1. The average molecular weight is 492 g/mol. The number of fused-ring (bicyclic) bond motifs is 1. The molecule has 0 bridgehead atoms. The number of aryl methyl sites for hydroxylation is 1. The molecule has 1 heterocycles. The van der Waals surface area contributed by atoms with Crippen LogP contribution in [-0.4, -0.2) is 20.9 Å². The molecule has 1 amide bonds. The molecule has 8 nitrogen and oxygen atoms in total. The molecule has 0 aliphatic carbocycles. The molecule has 0 aliphatic rings. The number of hydrogen-bond acceptors (Lipinski definition) is 6. The minimum absolute atomic E-state index is 0.00874. The number of benzene rings is 2. The van der Waals surface area contributed by atoms with Gasteiger partial charge in [0.25, 0.3) is 5.91 Å². The lowest BCUT2D eigenvalue weighted by Gasteiger charge is -2.12. The van der Waals surface area contributed by atoms with Crippen molar-refractivity contribution in [3.63, 3.8) is 0 Å². The van der Waals surface area contributed by atoms with Gasteiger partial charge in [-0.15, -0.1) is 0 Å². The molecule has 0 atom stereocenters. The maximum Gasteiger partial charge on any atom is 0.336 e. The standard InChI is InChI=1S/C18H13Cl3N2O6S/c1-8-2-17(25)29-14-6-15(11(19)5-10(8)14)28-7-16(24)23-18-12(20)3-9(4-13(18)21)30(22,26)27/h2-6H,7H2,1H3,(H,23,24)(H2,22,26,27). The van der Waals surface area contributed by atoms with E-state index in [4.69, 9.17) is 49.1 Å². The van der Waals surface area contributed by atoms with E-state index in [2.05, 4.69) is 5.32 Å². The monoisotopic (exact) mass is 490 g/mol. The summed E-state index contributed by atoms with van der Waals surface area (Å²) in [6.45, 7) is 1.25. The molecular formula is C18H13Cl3N2O6S. The van der Waals surface area contributed by atoms with Gasteiger partial charge in [-0.3, -0.25) is 4.79 Å². The lowest BCUT2D eigenvalue weighted by molar-refractivity contribution is -0.118. The van der Waals surface area contributed by atoms with Crippen molar-refractivity contribution in [1.82, 2.24) is 0 Å². The summed E-state index contributed by atoms with van der Waals surface area (Å²) in [5, 5.41) is 8.05. The summed E-state index contributed by atoms with van der Waals surface area (Å²) in [4.78, 5) is 23.5. The predicted octanol–water partition coefficient (Wildman–Crippen LogP) is 3.73. The average Bonchev–Trinajstić information content (AvgIpc) is 2.62. The summed E-state index contributed by atoms with van der Waals surface area (Å²) in [6.07, 6.45) is 0. The first-order chi connectivity index (χ1) is 14.0. The molecule has 3 aromatic rings. The van der Waals surface area contributed by atoms with Gasteiger partial charge in [0.05, 0.1) is 25.7 Å². The third-order valence-corrected chi connectivity index (χ3v) is 5.76.